The van der Waals surface area contributed by atoms with Gasteiger partial charge < -0.3 is 18.9 Å². The van der Waals surface area contributed by atoms with Crippen LogP contribution >= 0.6 is 7.82 Å². The maximum atomic E-state index is 12.7. The van der Waals surface area contributed by atoms with Crippen molar-refractivity contribution in [2.45, 2.75) is 193 Å². The van der Waals surface area contributed by atoms with E-state index < -0.39 is 13.9 Å². The molecule has 308 valence electrons. The van der Waals surface area contributed by atoms with Gasteiger partial charge in [-0.15, -0.1) is 0 Å². The molecular weight excluding hydrogens is 673 g/mol. The van der Waals surface area contributed by atoms with Crippen LogP contribution in [0.4, 0.5) is 0 Å². The molecule has 0 aromatic heterocycles. The van der Waals surface area contributed by atoms with E-state index >= 15 is 0 Å². The summed E-state index contributed by atoms with van der Waals surface area (Å²) in [5, 5.41) is 0. The Bertz CT molecular complexity index is 889. The van der Waals surface area contributed by atoms with E-state index in [-0.39, 0.29) is 25.8 Å². The standard InChI is InChI=1S/C43H84NO7P/c1-6-8-10-12-14-16-18-20-21-22-23-25-27-29-31-33-35-38-48-40-42(41-50-52(46,47)49-39-37-44(3,4)5)51-43(45)36-34-32-30-28-26-24-19-17-15-13-11-9-7-2/h17,19,21-22,42H,6-16,18,20,23-41H2,1-5H3/p+1/b19-17-,22-21-. The molecule has 0 heterocycles. The number of quaternary nitrogens is 1. The molecule has 0 fully saturated rings. The molecule has 0 saturated heterocycles. The first kappa shape index (κ1) is 51.0. The van der Waals surface area contributed by atoms with Gasteiger partial charge in [-0.2, -0.15) is 0 Å². The van der Waals surface area contributed by atoms with Crippen LogP contribution in [-0.4, -0.2) is 75.6 Å². The molecule has 0 amide bonds. The second kappa shape index (κ2) is 36.9. The molecule has 0 aromatic carbocycles. The summed E-state index contributed by atoms with van der Waals surface area (Å²) in [5.74, 6) is -0.324. The second-order valence-corrected chi connectivity index (χ2v) is 17.2. The maximum Gasteiger partial charge on any atom is 0.472 e. The number of rotatable bonds is 40. The largest absolute Gasteiger partial charge is 0.472 e. The minimum atomic E-state index is -4.27. The van der Waals surface area contributed by atoms with Gasteiger partial charge in [0.1, 0.15) is 19.3 Å². The van der Waals surface area contributed by atoms with Gasteiger partial charge in [0.2, 0.25) is 0 Å². The lowest BCUT2D eigenvalue weighted by atomic mass is 10.1. The molecule has 0 saturated carbocycles. The highest BCUT2D eigenvalue weighted by atomic mass is 31.2. The Labute approximate surface area is 322 Å². The van der Waals surface area contributed by atoms with E-state index in [4.69, 9.17) is 18.5 Å². The van der Waals surface area contributed by atoms with Gasteiger partial charge in [-0.3, -0.25) is 13.8 Å². The SMILES string of the molecule is CCCCCC/C=C\CCCCCCCC(=O)OC(COCCCCCCCC/C=C\CCCCCCCCC)COP(=O)(O)OCC[N+](C)(C)C. The van der Waals surface area contributed by atoms with Gasteiger partial charge in [-0.05, 0) is 64.2 Å². The number of unbranched alkanes of at least 4 members (excludes halogenated alkanes) is 22. The van der Waals surface area contributed by atoms with Crippen LogP contribution in [0.2, 0.25) is 0 Å². The molecule has 0 aliphatic carbocycles. The third-order valence-corrected chi connectivity index (χ3v) is 10.2. The quantitative estimate of drug-likeness (QED) is 0.0219. The van der Waals surface area contributed by atoms with Crippen molar-refractivity contribution in [3.05, 3.63) is 24.3 Å². The first-order chi connectivity index (χ1) is 25.1. The van der Waals surface area contributed by atoms with Gasteiger partial charge >= 0.3 is 13.8 Å². The van der Waals surface area contributed by atoms with E-state index in [0.29, 0.717) is 24.1 Å². The summed E-state index contributed by atoms with van der Waals surface area (Å²) in [6.07, 6.45) is 40.6. The Balaban J connectivity index is 4.24. The first-order valence-corrected chi connectivity index (χ1v) is 23.1. The normalized spacial score (nSPS) is 14.0. The lowest BCUT2D eigenvalue weighted by Gasteiger charge is -2.24. The average molecular weight is 759 g/mol. The molecule has 0 radical (unpaired) electrons. The van der Waals surface area contributed by atoms with Gasteiger partial charge in [-0.1, -0.05) is 141 Å². The summed E-state index contributed by atoms with van der Waals surface area (Å²) in [7, 11) is 1.66. The zero-order valence-corrected chi connectivity index (χ0v) is 35.7. The highest BCUT2D eigenvalue weighted by molar-refractivity contribution is 7.47. The van der Waals surface area contributed by atoms with Crippen LogP contribution in [0, 0.1) is 0 Å². The number of esters is 1. The number of allylic oxidation sites excluding steroid dienone is 4. The lowest BCUT2D eigenvalue weighted by molar-refractivity contribution is -0.870. The smallest absolute Gasteiger partial charge is 0.457 e. The minimum absolute atomic E-state index is 0.0869. The van der Waals surface area contributed by atoms with Crippen molar-refractivity contribution < 1.29 is 37.3 Å². The Kier molecular flexibility index (Phi) is 36.2. The van der Waals surface area contributed by atoms with Crippen molar-refractivity contribution in [3.8, 4) is 0 Å². The van der Waals surface area contributed by atoms with Crippen LogP contribution in [0.3, 0.4) is 0 Å². The Morgan fingerprint density at radius 3 is 1.48 bits per heavy atom. The molecule has 0 spiro atoms. The van der Waals surface area contributed by atoms with Crippen LogP contribution in [-0.2, 0) is 27.9 Å². The number of ether oxygens (including phenoxy) is 2. The summed E-state index contributed by atoms with van der Waals surface area (Å²) < 4.78 is 34.9. The van der Waals surface area contributed by atoms with Crippen LogP contribution in [0.5, 0.6) is 0 Å². The maximum absolute atomic E-state index is 12.7. The minimum Gasteiger partial charge on any atom is -0.457 e. The number of nitrogens with zero attached hydrogens (tertiary/aromatic N) is 1. The molecule has 8 nitrogen and oxygen atoms in total. The second-order valence-electron chi connectivity index (χ2n) is 15.7. The zero-order valence-electron chi connectivity index (χ0n) is 34.8. The lowest BCUT2D eigenvalue weighted by Crippen LogP contribution is -2.37. The number of carbonyl (C=O) groups excluding carboxylic acids is 1. The highest BCUT2D eigenvalue weighted by Gasteiger charge is 2.26. The van der Waals surface area contributed by atoms with Crippen molar-refractivity contribution in [3.63, 3.8) is 0 Å². The monoisotopic (exact) mass is 759 g/mol. The summed E-state index contributed by atoms with van der Waals surface area (Å²) in [6, 6.07) is 0. The molecule has 0 aromatic rings. The van der Waals surface area contributed by atoms with Gasteiger partial charge in [0.15, 0.2) is 0 Å². The molecule has 2 unspecified atom stereocenters. The molecule has 0 aliphatic rings. The van der Waals surface area contributed by atoms with Crippen LogP contribution in [0.15, 0.2) is 24.3 Å². The van der Waals surface area contributed by atoms with Crippen molar-refractivity contribution >= 4 is 13.8 Å². The molecule has 1 N–H and O–H groups in total. The number of phosphoric acid groups is 1. The van der Waals surface area contributed by atoms with Gasteiger partial charge in [0, 0.05) is 13.0 Å². The Morgan fingerprint density at radius 1 is 0.577 bits per heavy atom. The van der Waals surface area contributed by atoms with Crippen LogP contribution < -0.4 is 0 Å². The number of likely N-dealkylation sites (N-methyl/N-ethyl adjacent to an activating group) is 1. The molecule has 0 bridgehead atoms. The van der Waals surface area contributed by atoms with Crippen molar-refractivity contribution in [2.24, 2.45) is 0 Å². The van der Waals surface area contributed by atoms with Gasteiger partial charge in [0.25, 0.3) is 0 Å². The van der Waals surface area contributed by atoms with E-state index in [1.807, 2.05) is 21.1 Å². The number of hydrogen-bond donors (Lipinski definition) is 1. The highest BCUT2D eigenvalue weighted by Crippen LogP contribution is 2.43. The Hall–Kier alpha value is -1.02. The molecule has 0 rings (SSSR count). The third-order valence-electron chi connectivity index (χ3n) is 9.24. The summed E-state index contributed by atoms with van der Waals surface area (Å²) in [6.45, 7) is 5.59. The van der Waals surface area contributed by atoms with Gasteiger partial charge in [0.05, 0.1) is 34.4 Å². The van der Waals surface area contributed by atoms with Crippen LogP contribution in [0.25, 0.3) is 0 Å². The number of hydrogen-bond acceptors (Lipinski definition) is 6. The summed E-state index contributed by atoms with van der Waals surface area (Å²) in [5.41, 5.74) is 0. The summed E-state index contributed by atoms with van der Waals surface area (Å²) >= 11 is 0. The van der Waals surface area contributed by atoms with Crippen molar-refractivity contribution in [2.75, 3.05) is 54.1 Å². The van der Waals surface area contributed by atoms with Gasteiger partial charge in [-0.25, -0.2) is 4.57 Å². The van der Waals surface area contributed by atoms with E-state index in [1.165, 1.54) is 122 Å². The van der Waals surface area contributed by atoms with Crippen molar-refractivity contribution in [1.82, 2.24) is 0 Å². The molecular formula is C43H85NO7P+. The third kappa shape index (κ3) is 40.2. The van der Waals surface area contributed by atoms with E-state index in [0.717, 1.165) is 44.9 Å². The van der Waals surface area contributed by atoms with E-state index in [2.05, 4.69) is 38.2 Å². The first-order valence-electron chi connectivity index (χ1n) is 21.6. The molecule has 2 atom stereocenters. The molecule has 0 aliphatic heterocycles. The molecule has 9 heteroatoms. The van der Waals surface area contributed by atoms with Crippen molar-refractivity contribution in [1.29, 1.82) is 0 Å². The fraction of sp³-hybridized carbons (Fsp3) is 0.884. The summed E-state index contributed by atoms with van der Waals surface area (Å²) in [4.78, 5) is 22.8. The number of carbonyl (C=O) groups is 1. The molecule has 52 heavy (non-hydrogen) atoms. The zero-order chi connectivity index (χ0) is 38.4. The van der Waals surface area contributed by atoms with Crippen LogP contribution in [0.1, 0.15) is 187 Å². The average Bonchev–Trinajstić information content (AvgIpc) is 3.09. The predicted octanol–water partition coefficient (Wildman–Crippen LogP) is 12.4. The topological polar surface area (TPSA) is 91.3 Å². The predicted molar refractivity (Wildman–Crippen MR) is 220 cm³/mol. The number of phosphoric ester groups is 1. The van der Waals surface area contributed by atoms with E-state index in [1.54, 1.807) is 0 Å². The fourth-order valence-corrected chi connectivity index (χ4v) is 6.58. The fourth-order valence-electron chi connectivity index (χ4n) is 5.84. The van der Waals surface area contributed by atoms with E-state index in [9.17, 15) is 14.3 Å². The Morgan fingerprint density at radius 2 is 1.00 bits per heavy atom.